The van der Waals surface area contributed by atoms with Gasteiger partial charge in [-0.3, -0.25) is 0 Å². The van der Waals surface area contributed by atoms with Crippen LogP contribution in [0.15, 0.2) is 30.3 Å². The van der Waals surface area contributed by atoms with Crippen molar-refractivity contribution in [3.05, 3.63) is 35.9 Å². The van der Waals surface area contributed by atoms with Gasteiger partial charge in [-0.25, -0.2) is 9.80 Å². The number of benzene rings is 1. The van der Waals surface area contributed by atoms with Crippen LogP contribution in [0.5, 0.6) is 0 Å². The van der Waals surface area contributed by atoms with Crippen molar-refractivity contribution in [2.24, 2.45) is 0 Å². The average Bonchev–Trinajstić information content (AvgIpc) is 2.67. The molecule has 1 aliphatic heterocycles. The van der Waals surface area contributed by atoms with Crippen molar-refractivity contribution in [3.63, 3.8) is 0 Å². The van der Waals surface area contributed by atoms with Gasteiger partial charge in [-0.05, 0) is 19.4 Å². The first-order valence-electron chi connectivity index (χ1n) is 6.85. The molecule has 1 heterocycles. The van der Waals surface area contributed by atoms with Crippen molar-refractivity contribution in [2.45, 2.75) is 38.6 Å². The molecule has 0 aliphatic carbocycles. The molecule has 1 amide bonds. The van der Waals surface area contributed by atoms with E-state index in [1.54, 1.807) is 5.01 Å². The van der Waals surface area contributed by atoms with Gasteiger partial charge in [-0.2, -0.15) is 5.01 Å². The summed E-state index contributed by atoms with van der Waals surface area (Å²) in [6, 6.07) is 9.39. The van der Waals surface area contributed by atoms with Crippen LogP contribution in [0.25, 0.3) is 0 Å². The Kier molecular flexibility index (Phi) is 4.51. The van der Waals surface area contributed by atoms with Crippen molar-refractivity contribution in [2.75, 3.05) is 6.54 Å². The molecule has 1 saturated heterocycles. The first kappa shape index (κ1) is 15.4. The minimum absolute atomic E-state index is 0.160. The van der Waals surface area contributed by atoms with Gasteiger partial charge in [0.2, 0.25) is 0 Å². The van der Waals surface area contributed by atoms with E-state index in [2.05, 4.69) is 5.92 Å². The predicted molar refractivity (Wildman–Crippen MR) is 78.7 cm³/mol. The summed E-state index contributed by atoms with van der Waals surface area (Å²) in [5.41, 5.74) is 0.500. The number of aliphatic hydroxyl groups is 1. The summed E-state index contributed by atoms with van der Waals surface area (Å²) in [6.45, 7) is 4.26. The summed E-state index contributed by atoms with van der Waals surface area (Å²) < 4.78 is 5.27. The number of nitrogens with zero attached hydrogens (tertiary/aromatic N) is 2. The van der Waals surface area contributed by atoms with Gasteiger partial charge in [0, 0.05) is 12.0 Å². The van der Waals surface area contributed by atoms with Gasteiger partial charge in [0.25, 0.3) is 0 Å². The summed E-state index contributed by atoms with van der Waals surface area (Å²) in [5, 5.41) is 13.0. The molecular formula is C16H20N2O3. The lowest BCUT2D eigenvalue weighted by atomic mass is 10.0. The Balaban J connectivity index is 2.05. The second-order valence-electron chi connectivity index (χ2n) is 5.64. The summed E-state index contributed by atoms with van der Waals surface area (Å²) in [6.07, 6.45) is 4.27. The fourth-order valence-electron chi connectivity index (χ4n) is 2.47. The molecule has 1 aliphatic rings. The van der Waals surface area contributed by atoms with Crippen molar-refractivity contribution in [3.8, 4) is 12.3 Å². The second-order valence-corrected chi connectivity index (χ2v) is 5.64. The zero-order chi connectivity index (χ0) is 15.5. The summed E-state index contributed by atoms with van der Waals surface area (Å²) >= 11 is 0. The summed E-state index contributed by atoms with van der Waals surface area (Å²) in [7, 11) is 0. The Morgan fingerprint density at radius 1 is 1.48 bits per heavy atom. The van der Waals surface area contributed by atoms with Crippen LogP contribution in [0.4, 0.5) is 4.79 Å². The molecule has 1 fully saturated rings. The molecule has 1 aromatic rings. The van der Waals surface area contributed by atoms with E-state index in [9.17, 15) is 9.90 Å². The van der Waals surface area contributed by atoms with Crippen molar-refractivity contribution < 1.29 is 14.6 Å². The second kappa shape index (κ2) is 6.17. The average molecular weight is 288 g/mol. The van der Waals surface area contributed by atoms with Crippen LogP contribution < -0.4 is 0 Å². The standard InChI is InChI=1S/C16H20N2O3/c1-4-10-17-16(2,3)11-14(19)18(17)15(20)21-12-13-8-6-5-7-9-13/h1,5-9,14,19H,10-12H2,2-3H3. The van der Waals surface area contributed by atoms with E-state index in [-0.39, 0.29) is 13.2 Å². The maximum absolute atomic E-state index is 12.2. The maximum Gasteiger partial charge on any atom is 0.427 e. The van der Waals surface area contributed by atoms with Crippen molar-refractivity contribution in [1.82, 2.24) is 10.0 Å². The monoisotopic (exact) mass is 288 g/mol. The number of terminal acetylenes is 1. The molecule has 0 bridgehead atoms. The van der Waals surface area contributed by atoms with Crippen LogP contribution in [-0.4, -0.2) is 39.5 Å². The molecule has 0 saturated carbocycles. The largest absolute Gasteiger partial charge is 0.444 e. The van der Waals surface area contributed by atoms with Gasteiger partial charge in [-0.15, -0.1) is 6.42 Å². The van der Waals surface area contributed by atoms with E-state index in [1.165, 1.54) is 5.01 Å². The van der Waals surface area contributed by atoms with Crippen LogP contribution >= 0.6 is 0 Å². The van der Waals surface area contributed by atoms with Gasteiger partial charge >= 0.3 is 6.09 Å². The van der Waals surface area contributed by atoms with E-state index < -0.39 is 17.9 Å². The summed E-state index contributed by atoms with van der Waals surface area (Å²) in [4.78, 5) is 12.2. The van der Waals surface area contributed by atoms with Gasteiger partial charge in [0.15, 0.2) is 0 Å². The highest BCUT2D eigenvalue weighted by Crippen LogP contribution is 2.32. The maximum atomic E-state index is 12.2. The molecule has 1 unspecified atom stereocenters. The highest BCUT2D eigenvalue weighted by atomic mass is 16.6. The number of rotatable bonds is 3. The van der Waals surface area contributed by atoms with Gasteiger partial charge in [0.1, 0.15) is 12.8 Å². The lowest BCUT2D eigenvalue weighted by Gasteiger charge is -2.34. The number of amides is 1. The highest BCUT2D eigenvalue weighted by molar-refractivity contribution is 5.67. The molecule has 5 heteroatoms. The number of ether oxygens (including phenoxy) is 1. The van der Waals surface area contributed by atoms with Crippen LogP contribution in [0.2, 0.25) is 0 Å². The fourth-order valence-corrected chi connectivity index (χ4v) is 2.47. The molecule has 112 valence electrons. The van der Waals surface area contributed by atoms with Gasteiger partial charge < -0.3 is 9.84 Å². The third-order valence-corrected chi connectivity index (χ3v) is 3.56. The SMILES string of the molecule is C#CCN1N(C(=O)OCc2ccccc2)C(O)CC1(C)C. The smallest absolute Gasteiger partial charge is 0.427 e. The quantitative estimate of drug-likeness (QED) is 0.864. The van der Waals surface area contributed by atoms with E-state index >= 15 is 0 Å². The molecular weight excluding hydrogens is 268 g/mol. The number of hydrazine groups is 1. The predicted octanol–water partition coefficient (Wildman–Crippen LogP) is 1.98. The van der Waals surface area contributed by atoms with Crippen molar-refractivity contribution >= 4 is 6.09 Å². The highest BCUT2D eigenvalue weighted by Gasteiger charge is 2.46. The van der Waals surface area contributed by atoms with Crippen molar-refractivity contribution in [1.29, 1.82) is 0 Å². The summed E-state index contributed by atoms with van der Waals surface area (Å²) in [5.74, 6) is 2.51. The number of carbonyl (C=O) groups excluding carboxylic acids is 1. The number of aliphatic hydroxyl groups excluding tert-OH is 1. The third-order valence-electron chi connectivity index (χ3n) is 3.56. The normalized spacial score (nSPS) is 21.0. The zero-order valence-corrected chi connectivity index (χ0v) is 12.3. The Bertz CT molecular complexity index is 536. The Labute approximate surface area is 125 Å². The lowest BCUT2D eigenvalue weighted by molar-refractivity contribution is -0.0837. The number of carbonyl (C=O) groups is 1. The van der Waals surface area contributed by atoms with E-state index in [1.807, 2.05) is 44.2 Å². The first-order valence-corrected chi connectivity index (χ1v) is 6.85. The Morgan fingerprint density at radius 2 is 2.14 bits per heavy atom. The van der Waals surface area contributed by atoms with Crippen LogP contribution in [0.1, 0.15) is 25.8 Å². The van der Waals surface area contributed by atoms with E-state index in [0.29, 0.717) is 6.42 Å². The Hall–Kier alpha value is -2.03. The van der Waals surface area contributed by atoms with Gasteiger partial charge in [0.05, 0.1) is 6.54 Å². The molecule has 1 N–H and O–H groups in total. The molecule has 0 spiro atoms. The minimum Gasteiger partial charge on any atom is -0.444 e. The molecule has 1 atom stereocenters. The van der Waals surface area contributed by atoms with Crippen LogP contribution in [-0.2, 0) is 11.3 Å². The molecule has 0 aromatic heterocycles. The first-order chi connectivity index (χ1) is 9.95. The molecule has 2 rings (SSSR count). The van der Waals surface area contributed by atoms with Crippen LogP contribution in [0, 0.1) is 12.3 Å². The van der Waals surface area contributed by atoms with E-state index in [4.69, 9.17) is 11.2 Å². The third kappa shape index (κ3) is 3.35. The minimum atomic E-state index is -0.920. The fraction of sp³-hybridized carbons (Fsp3) is 0.438. The topological polar surface area (TPSA) is 53.0 Å². The number of hydrogen-bond donors (Lipinski definition) is 1. The zero-order valence-electron chi connectivity index (χ0n) is 12.3. The molecule has 21 heavy (non-hydrogen) atoms. The van der Waals surface area contributed by atoms with Crippen LogP contribution in [0.3, 0.4) is 0 Å². The van der Waals surface area contributed by atoms with Gasteiger partial charge in [-0.1, -0.05) is 36.3 Å². The lowest BCUT2D eigenvalue weighted by Crippen LogP contribution is -2.51. The Morgan fingerprint density at radius 3 is 2.76 bits per heavy atom. The molecule has 1 aromatic carbocycles. The molecule has 5 nitrogen and oxygen atoms in total. The molecule has 0 radical (unpaired) electrons. The number of hydrogen-bond acceptors (Lipinski definition) is 4. The van der Waals surface area contributed by atoms with E-state index in [0.717, 1.165) is 5.56 Å².